The van der Waals surface area contributed by atoms with Crippen molar-refractivity contribution in [2.24, 2.45) is 0 Å². The molecular weight excluding hydrogens is 306 g/mol. The Balaban J connectivity index is 1.81. The second-order valence-corrected chi connectivity index (χ2v) is 7.58. The van der Waals surface area contributed by atoms with E-state index in [4.69, 9.17) is 0 Å². The first-order valence-electron chi connectivity index (χ1n) is 8.22. The van der Waals surface area contributed by atoms with Crippen LogP contribution in [0.5, 0.6) is 0 Å². The van der Waals surface area contributed by atoms with Gasteiger partial charge in [-0.15, -0.1) is 11.3 Å². The van der Waals surface area contributed by atoms with E-state index in [0.29, 0.717) is 11.8 Å². The van der Waals surface area contributed by atoms with E-state index >= 15 is 0 Å². The van der Waals surface area contributed by atoms with Crippen LogP contribution in [0.2, 0.25) is 0 Å². The van der Waals surface area contributed by atoms with E-state index in [-0.39, 0.29) is 0 Å². The molecule has 0 fully saturated rings. The normalized spacial score (nSPS) is 18.9. The van der Waals surface area contributed by atoms with E-state index in [2.05, 4.69) is 60.7 Å². The largest absolute Gasteiger partial charge is 0.319 e. The molecule has 2 aromatic rings. The molecule has 0 saturated carbocycles. The summed E-state index contributed by atoms with van der Waals surface area (Å²) in [4.78, 5) is 1.52. The molecule has 3 heteroatoms. The third-order valence-corrected chi connectivity index (χ3v) is 6.19. The zero-order chi connectivity index (χ0) is 15.4. The predicted molar refractivity (Wildman–Crippen MR) is 100 cm³/mol. The van der Waals surface area contributed by atoms with Crippen molar-refractivity contribution in [3.05, 3.63) is 57.3 Å². The minimum atomic E-state index is 0.630. The van der Waals surface area contributed by atoms with Crippen molar-refractivity contribution in [1.82, 2.24) is 5.32 Å². The highest BCUT2D eigenvalue weighted by Gasteiger charge is 2.24. The fourth-order valence-corrected chi connectivity index (χ4v) is 4.77. The Labute approximate surface area is 143 Å². The minimum Gasteiger partial charge on any atom is -0.319 e. The number of benzene rings is 1. The van der Waals surface area contributed by atoms with Crippen LogP contribution >= 0.6 is 24.0 Å². The van der Waals surface area contributed by atoms with Crippen LogP contribution in [-0.4, -0.2) is 13.6 Å². The Morgan fingerprint density at radius 2 is 2.27 bits per heavy atom. The zero-order valence-corrected chi connectivity index (χ0v) is 14.9. The molecule has 3 rings (SSSR count). The zero-order valence-electron chi connectivity index (χ0n) is 13.2. The molecule has 0 aliphatic heterocycles. The SMILES string of the molecule is CNCC(CC1CCCc2cc(CS)ccc21)c1cccs1. The van der Waals surface area contributed by atoms with Crippen LogP contribution in [0, 0.1) is 0 Å². The second-order valence-electron chi connectivity index (χ2n) is 6.29. The molecule has 0 spiro atoms. The average Bonchev–Trinajstić information content (AvgIpc) is 3.08. The highest BCUT2D eigenvalue weighted by molar-refractivity contribution is 7.79. The van der Waals surface area contributed by atoms with Gasteiger partial charge in [0.05, 0.1) is 0 Å². The van der Waals surface area contributed by atoms with Gasteiger partial charge in [-0.2, -0.15) is 12.6 Å². The maximum atomic E-state index is 4.42. The maximum Gasteiger partial charge on any atom is 0.0154 e. The van der Waals surface area contributed by atoms with Gasteiger partial charge in [0, 0.05) is 23.1 Å². The topological polar surface area (TPSA) is 12.0 Å². The van der Waals surface area contributed by atoms with Crippen molar-refractivity contribution in [3.63, 3.8) is 0 Å². The van der Waals surface area contributed by atoms with Gasteiger partial charge in [0.1, 0.15) is 0 Å². The van der Waals surface area contributed by atoms with Gasteiger partial charge < -0.3 is 5.32 Å². The molecular formula is C19H25NS2. The van der Waals surface area contributed by atoms with Crippen LogP contribution in [0.4, 0.5) is 0 Å². The van der Waals surface area contributed by atoms with Gasteiger partial charge in [0.15, 0.2) is 0 Å². The van der Waals surface area contributed by atoms with E-state index < -0.39 is 0 Å². The van der Waals surface area contributed by atoms with E-state index in [9.17, 15) is 0 Å². The Bertz CT molecular complexity index is 591. The third kappa shape index (κ3) is 3.58. The lowest BCUT2D eigenvalue weighted by atomic mass is 9.77. The molecule has 0 radical (unpaired) electrons. The smallest absolute Gasteiger partial charge is 0.0154 e. The van der Waals surface area contributed by atoms with E-state index in [0.717, 1.165) is 12.3 Å². The molecule has 1 heterocycles. The molecule has 1 N–H and O–H groups in total. The molecule has 1 aliphatic carbocycles. The predicted octanol–water partition coefficient (Wildman–Crippen LogP) is 4.99. The molecule has 1 aliphatic rings. The first-order chi connectivity index (χ1) is 10.8. The molecule has 2 unspecified atom stereocenters. The van der Waals surface area contributed by atoms with Crippen molar-refractivity contribution in [2.45, 2.75) is 43.3 Å². The lowest BCUT2D eigenvalue weighted by Gasteiger charge is -2.29. The van der Waals surface area contributed by atoms with Crippen LogP contribution < -0.4 is 5.32 Å². The summed E-state index contributed by atoms with van der Waals surface area (Å²) >= 11 is 6.31. The summed E-state index contributed by atoms with van der Waals surface area (Å²) in [6.07, 6.45) is 5.15. The monoisotopic (exact) mass is 331 g/mol. The first kappa shape index (κ1) is 16.1. The Morgan fingerprint density at radius 3 is 3.00 bits per heavy atom. The lowest BCUT2D eigenvalue weighted by Crippen LogP contribution is -2.20. The van der Waals surface area contributed by atoms with Crippen LogP contribution in [0.3, 0.4) is 0 Å². The number of nitrogens with one attached hydrogen (secondary N) is 1. The molecule has 1 aromatic heterocycles. The summed E-state index contributed by atoms with van der Waals surface area (Å²) in [7, 11) is 2.06. The Hall–Kier alpha value is -0.770. The maximum absolute atomic E-state index is 4.42. The van der Waals surface area contributed by atoms with Crippen LogP contribution in [0.1, 0.15) is 52.7 Å². The second kappa shape index (κ2) is 7.67. The third-order valence-electron chi connectivity index (χ3n) is 4.79. The molecule has 0 amide bonds. The number of rotatable bonds is 6. The van der Waals surface area contributed by atoms with E-state index in [1.54, 1.807) is 11.1 Å². The summed E-state index contributed by atoms with van der Waals surface area (Å²) < 4.78 is 0. The summed E-state index contributed by atoms with van der Waals surface area (Å²) in [5.41, 5.74) is 4.51. The van der Waals surface area contributed by atoms with Gasteiger partial charge in [0.25, 0.3) is 0 Å². The van der Waals surface area contributed by atoms with Gasteiger partial charge in [-0.05, 0) is 66.8 Å². The van der Waals surface area contributed by atoms with E-state index in [1.807, 2.05) is 11.3 Å². The van der Waals surface area contributed by atoms with E-state index in [1.165, 1.54) is 36.1 Å². The fraction of sp³-hybridized carbons (Fsp3) is 0.474. The van der Waals surface area contributed by atoms with Gasteiger partial charge >= 0.3 is 0 Å². The minimum absolute atomic E-state index is 0.630. The molecule has 0 bridgehead atoms. The number of aryl methyl sites for hydroxylation is 1. The molecule has 22 heavy (non-hydrogen) atoms. The number of likely N-dealkylation sites (N-methyl/N-ethyl adjacent to an activating group) is 1. The van der Waals surface area contributed by atoms with Crippen LogP contribution in [0.15, 0.2) is 35.7 Å². The van der Waals surface area contributed by atoms with Crippen LogP contribution in [0.25, 0.3) is 0 Å². The van der Waals surface area contributed by atoms with Crippen LogP contribution in [-0.2, 0) is 12.2 Å². The number of thiol groups is 1. The van der Waals surface area contributed by atoms with Gasteiger partial charge in [-0.25, -0.2) is 0 Å². The van der Waals surface area contributed by atoms with Crippen molar-refractivity contribution < 1.29 is 0 Å². The molecule has 1 nitrogen and oxygen atoms in total. The molecule has 0 saturated heterocycles. The van der Waals surface area contributed by atoms with Gasteiger partial charge in [-0.3, -0.25) is 0 Å². The number of thiophene rings is 1. The first-order valence-corrected chi connectivity index (χ1v) is 9.73. The van der Waals surface area contributed by atoms with Gasteiger partial charge in [-0.1, -0.05) is 24.3 Å². The molecule has 118 valence electrons. The van der Waals surface area contributed by atoms with Crippen molar-refractivity contribution in [3.8, 4) is 0 Å². The highest BCUT2D eigenvalue weighted by Crippen LogP contribution is 2.39. The molecule has 1 aromatic carbocycles. The van der Waals surface area contributed by atoms with Crippen molar-refractivity contribution in [1.29, 1.82) is 0 Å². The van der Waals surface area contributed by atoms with Crippen molar-refractivity contribution in [2.75, 3.05) is 13.6 Å². The number of hydrogen-bond acceptors (Lipinski definition) is 3. The van der Waals surface area contributed by atoms with Gasteiger partial charge in [0.2, 0.25) is 0 Å². The summed E-state index contributed by atoms with van der Waals surface area (Å²) in [5.74, 6) is 2.18. The summed E-state index contributed by atoms with van der Waals surface area (Å²) in [5, 5.41) is 5.58. The molecule has 2 atom stereocenters. The Kier molecular flexibility index (Phi) is 5.61. The summed E-state index contributed by atoms with van der Waals surface area (Å²) in [6, 6.07) is 11.5. The number of hydrogen-bond donors (Lipinski definition) is 2. The summed E-state index contributed by atoms with van der Waals surface area (Å²) in [6.45, 7) is 1.07. The quantitative estimate of drug-likeness (QED) is 0.711. The Morgan fingerprint density at radius 1 is 1.36 bits per heavy atom. The average molecular weight is 332 g/mol. The van der Waals surface area contributed by atoms with Crippen molar-refractivity contribution >= 4 is 24.0 Å². The lowest BCUT2D eigenvalue weighted by molar-refractivity contribution is 0.463. The number of fused-ring (bicyclic) bond motifs is 1. The highest BCUT2D eigenvalue weighted by atomic mass is 32.1. The fourth-order valence-electron chi connectivity index (χ4n) is 3.72. The standard InChI is InChI=1S/C19H25NS2/c1-20-12-17(19-6-3-9-22-19)11-16-5-2-4-15-10-14(13-21)7-8-18(15)16/h3,6-10,16-17,20-21H,2,4-5,11-13H2,1H3.